The molecule has 0 aliphatic rings. The van der Waals surface area contributed by atoms with E-state index in [1.807, 2.05) is 24.3 Å². The van der Waals surface area contributed by atoms with E-state index in [0.717, 1.165) is 25.5 Å². The first-order chi connectivity index (χ1) is 10.6. The molecule has 0 amide bonds. The maximum absolute atomic E-state index is 10.9. The number of carbonyl (C=O) groups excluding carboxylic acids is 1. The van der Waals surface area contributed by atoms with E-state index >= 15 is 0 Å². The number of carbonyl (C=O) groups is 1. The van der Waals surface area contributed by atoms with Crippen LogP contribution in [0.5, 0.6) is 11.5 Å². The summed E-state index contributed by atoms with van der Waals surface area (Å²) in [4.78, 5) is 12.0. The SMILES string of the molecule is COc1cc(C=O)cc(I)c1OCCSc1ccc(Cl)cc1. The summed E-state index contributed by atoms with van der Waals surface area (Å²) in [5.41, 5.74) is 0.573. The van der Waals surface area contributed by atoms with Gasteiger partial charge in [-0.1, -0.05) is 11.6 Å². The van der Waals surface area contributed by atoms with E-state index in [0.29, 0.717) is 23.7 Å². The molecule has 2 rings (SSSR count). The van der Waals surface area contributed by atoms with Gasteiger partial charge in [0.15, 0.2) is 11.5 Å². The van der Waals surface area contributed by atoms with Gasteiger partial charge in [0.2, 0.25) is 0 Å². The highest BCUT2D eigenvalue weighted by atomic mass is 127. The molecule has 0 saturated carbocycles. The van der Waals surface area contributed by atoms with Gasteiger partial charge in [-0.3, -0.25) is 4.79 Å². The first-order valence-electron chi connectivity index (χ1n) is 6.48. The maximum Gasteiger partial charge on any atom is 0.174 e. The van der Waals surface area contributed by atoms with Crippen molar-refractivity contribution in [1.82, 2.24) is 0 Å². The molecule has 0 unspecified atom stereocenters. The van der Waals surface area contributed by atoms with E-state index in [9.17, 15) is 4.79 Å². The van der Waals surface area contributed by atoms with Crippen LogP contribution in [-0.4, -0.2) is 25.8 Å². The van der Waals surface area contributed by atoms with Gasteiger partial charge >= 0.3 is 0 Å². The highest BCUT2D eigenvalue weighted by Gasteiger charge is 2.11. The molecule has 2 aromatic rings. The summed E-state index contributed by atoms with van der Waals surface area (Å²) in [6, 6.07) is 11.2. The van der Waals surface area contributed by atoms with Crippen molar-refractivity contribution in [3.8, 4) is 11.5 Å². The average molecular weight is 449 g/mol. The fraction of sp³-hybridized carbons (Fsp3) is 0.188. The van der Waals surface area contributed by atoms with E-state index in [-0.39, 0.29) is 0 Å². The molecule has 0 aliphatic heterocycles. The fourth-order valence-electron chi connectivity index (χ4n) is 1.78. The molecule has 6 heteroatoms. The second kappa shape index (κ2) is 8.64. The van der Waals surface area contributed by atoms with Crippen LogP contribution in [0.2, 0.25) is 5.02 Å². The van der Waals surface area contributed by atoms with E-state index in [4.69, 9.17) is 21.1 Å². The quantitative estimate of drug-likeness (QED) is 0.260. The van der Waals surface area contributed by atoms with Crippen molar-refractivity contribution in [2.75, 3.05) is 19.5 Å². The third kappa shape index (κ3) is 4.79. The number of hydrogen-bond donors (Lipinski definition) is 0. The summed E-state index contributed by atoms with van der Waals surface area (Å²) in [6.45, 7) is 0.542. The summed E-state index contributed by atoms with van der Waals surface area (Å²) < 4.78 is 12.0. The first kappa shape index (κ1) is 17.4. The molecule has 0 N–H and O–H groups in total. The molecule has 0 aromatic heterocycles. The molecule has 0 bridgehead atoms. The van der Waals surface area contributed by atoms with E-state index in [1.165, 1.54) is 0 Å². The Labute approximate surface area is 152 Å². The molecule has 2 aromatic carbocycles. The number of ether oxygens (including phenoxy) is 2. The third-order valence-corrected chi connectivity index (χ3v) is 4.83. The van der Waals surface area contributed by atoms with Crippen molar-refractivity contribution >= 4 is 52.2 Å². The smallest absolute Gasteiger partial charge is 0.174 e. The van der Waals surface area contributed by atoms with Gasteiger partial charge in [-0.2, -0.15) is 0 Å². The standard InChI is InChI=1S/C16H14ClIO3S/c1-20-15-9-11(10-19)8-14(18)16(15)21-6-7-22-13-4-2-12(17)3-5-13/h2-5,8-10H,6-7H2,1H3. The van der Waals surface area contributed by atoms with Gasteiger partial charge in [0.05, 0.1) is 17.3 Å². The minimum atomic E-state index is 0.542. The highest BCUT2D eigenvalue weighted by Crippen LogP contribution is 2.33. The van der Waals surface area contributed by atoms with Crippen molar-refractivity contribution < 1.29 is 14.3 Å². The molecule has 0 radical (unpaired) electrons. The Kier molecular flexibility index (Phi) is 6.85. The molecule has 0 heterocycles. The normalized spacial score (nSPS) is 10.3. The lowest BCUT2D eigenvalue weighted by Gasteiger charge is -2.13. The van der Waals surface area contributed by atoms with Crippen LogP contribution in [0.3, 0.4) is 0 Å². The molecular formula is C16H14ClIO3S. The molecule has 0 fully saturated rings. The lowest BCUT2D eigenvalue weighted by atomic mass is 10.2. The molecule has 0 saturated heterocycles. The second-order valence-corrected chi connectivity index (χ2v) is 7.07. The molecule has 0 atom stereocenters. The van der Waals surface area contributed by atoms with Gasteiger partial charge < -0.3 is 9.47 Å². The summed E-state index contributed by atoms with van der Waals surface area (Å²) in [5.74, 6) is 2.05. The second-order valence-electron chi connectivity index (χ2n) is 4.30. The summed E-state index contributed by atoms with van der Waals surface area (Å²) >= 11 is 9.69. The Balaban J connectivity index is 1.94. The Morgan fingerprint density at radius 3 is 2.64 bits per heavy atom. The maximum atomic E-state index is 10.9. The molecular weight excluding hydrogens is 435 g/mol. The van der Waals surface area contributed by atoms with Gasteiger partial charge in [-0.05, 0) is 59.0 Å². The van der Waals surface area contributed by atoms with Crippen LogP contribution in [0.15, 0.2) is 41.3 Å². The van der Waals surface area contributed by atoms with E-state index < -0.39 is 0 Å². The summed E-state index contributed by atoms with van der Waals surface area (Å²) in [7, 11) is 1.56. The number of thioether (sulfide) groups is 1. The first-order valence-corrected chi connectivity index (χ1v) is 8.92. The number of halogens is 2. The van der Waals surface area contributed by atoms with Gasteiger partial charge in [-0.25, -0.2) is 0 Å². The van der Waals surface area contributed by atoms with Gasteiger partial charge in [0, 0.05) is 21.2 Å². The average Bonchev–Trinajstić information content (AvgIpc) is 2.53. The number of methoxy groups -OCH3 is 1. The number of rotatable bonds is 7. The van der Waals surface area contributed by atoms with Crippen LogP contribution < -0.4 is 9.47 Å². The number of benzene rings is 2. The van der Waals surface area contributed by atoms with Crippen LogP contribution in [0, 0.1) is 3.57 Å². The minimum Gasteiger partial charge on any atom is -0.493 e. The van der Waals surface area contributed by atoms with Crippen molar-refractivity contribution in [2.24, 2.45) is 0 Å². The Morgan fingerprint density at radius 1 is 1.27 bits per heavy atom. The molecule has 0 spiro atoms. The molecule has 3 nitrogen and oxygen atoms in total. The van der Waals surface area contributed by atoms with Crippen molar-refractivity contribution in [1.29, 1.82) is 0 Å². The molecule has 116 valence electrons. The molecule has 22 heavy (non-hydrogen) atoms. The monoisotopic (exact) mass is 448 g/mol. The van der Waals surface area contributed by atoms with Crippen LogP contribution in [0.1, 0.15) is 10.4 Å². The lowest BCUT2D eigenvalue weighted by molar-refractivity contribution is 0.112. The fourth-order valence-corrected chi connectivity index (χ4v) is 3.42. The van der Waals surface area contributed by atoms with Crippen LogP contribution in [0.25, 0.3) is 0 Å². The lowest BCUT2D eigenvalue weighted by Crippen LogP contribution is -2.04. The molecule has 0 aliphatic carbocycles. The summed E-state index contributed by atoms with van der Waals surface area (Å²) in [5, 5.41) is 0.732. The van der Waals surface area contributed by atoms with Crippen molar-refractivity contribution in [3.05, 3.63) is 50.6 Å². The Hall–Kier alpha value is -0.920. The van der Waals surface area contributed by atoms with Crippen LogP contribution in [-0.2, 0) is 0 Å². The Bertz CT molecular complexity index is 647. The number of hydrogen-bond acceptors (Lipinski definition) is 4. The van der Waals surface area contributed by atoms with Crippen LogP contribution in [0.4, 0.5) is 0 Å². The Morgan fingerprint density at radius 2 is 2.00 bits per heavy atom. The van der Waals surface area contributed by atoms with Gasteiger partial charge in [0.25, 0.3) is 0 Å². The zero-order chi connectivity index (χ0) is 15.9. The minimum absolute atomic E-state index is 0.542. The van der Waals surface area contributed by atoms with Crippen molar-refractivity contribution in [2.45, 2.75) is 4.90 Å². The zero-order valence-electron chi connectivity index (χ0n) is 11.8. The predicted molar refractivity (Wildman–Crippen MR) is 98.8 cm³/mol. The predicted octanol–water partition coefficient (Wildman–Crippen LogP) is 4.94. The highest BCUT2D eigenvalue weighted by molar-refractivity contribution is 14.1. The van der Waals surface area contributed by atoms with Gasteiger partial charge in [-0.15, -0.1) is 11.8 Å². The topological polar surface area (TPSA) is 35.5 Å². The zero-order valence-corrected chi connectivity index (χ0v) is 15.6. The van der Waals surface area contributed by atoms with E-state index in [1.54, 1.807) is 31.0 Å². The number of aldehydes is 1. The third-order valence-electron chi connectivity index (χ3n) is 2.80. The van der Waals surface area contributed by atoms with Crippen LogP contribution >= 0.6 is 46.0 Å². The van der Waals surface area contributed by atoms with E-state index in [2.05, 4.69) is 22.6 Å². The summed E-state index contributed by atoms with van der Waals surface area (Å²) in [6.07, 6.45) is 0.796. The van der Waals surface area contributed by atoms with Crippen molar-refractivity contribution in [3.63, 3.8) is 0 Å². The van der Waals surface area contributed by atoms with Gasteiger partial charge in [0.1, 0.15) is 6.29 Å². The largest absolute Gasteiger partial charge is 0.493 e.